The summed E-state index contributed by atoms with van der Waals surface area (Å²) >= 11 is 0. The molecule has 0 aliphatic heterocycles. The van der Waals surface area contributed by atoms with Crippen molar-refractivity contribution < 1.29 is 0 Å². The molecule has 0 amide bonds. The summed E-state index contributed by atoms with van der Waals surface area (Å²) in [6.07, 6.45) is 0. The molecule has 0 aromatic carbocycles. The van der Waals surface area contributed by atoms with Gasteiger partial charge in [0.1, 0.15) is 0 Å². The van der Waals surface area contributed by atoms with Crippen molar-refractivity contribution in [3.05, 3.63) is 0 Å². The summed E-state index contributed by atoms with van der Waals surface area (Å²) in [6.45, 7) is 3.68. The average Bonchev–Trinajstić information content (AvgIpc) is 1.37. The highest BCUT2D eigenvalue weighted by atomic mass is 31.1. The SMILES string of the molecule is [B][B]PC. The van der Waals surface area contributed by atoms with Crippen LogP contribution in [0.4, 0.5) is 0 Å². The molecule has 3 radical (unpaired) electrons. The van der Waals surface area contributed by atoms with Crippen molar-refractivity contribution in [3.63, 3.8) is 0 Å². The summed E-state index contributed by atoms with van der Waals surface area (Å²) in [5, 5.41) is 0. The Bertz CT molecular complexity index is 8.00. The maximum atomic E-state index is 4.92. The van der Waals surface area contributed by atoms with E-state index in [1.165, 1.54) is 0 Å². The van der Waals surface area contributed by atoms with Crippen LogP contribution < -0.4 is 0 Å². The molecule has 0 saturated carbocycles. The fourth-order valence-electron chi connectivity index (χ4n) is 0. The first-order chi connectivity index (χ1) is 1.91. The van der Waals surface area contributed by atoms with Crippen molar-refractivity contribution in [1.29, 1.82) is 0 Å². The van der Waals surface area contributed by atoms with Gasteiger partial charge in [-0.25, -0.2) is 0 Å². The maximum absolute atomic E-state index is 4.92. The molecule has 0 rings (SSSR count). The molecule has 19 valence electrons. The Morgan fingerprint density at radius 3 is 2.25 bits per heavy atom. The summed E-state index contributed by atoms with van der Waals surface area (Å²) in [7, 11) is 5.71. The van der Waals surface area contributed by atoms with E-state index in [2.05, 4.69) is 0 Å². The monoisotopic (exact) mass is 69.0 g/mol. The fourth-order valence-corrected chi connectivity index (χ4v) is 0. The molecule has 0 saturated heterocycles. The summed E-state index contributed by atoms with van der Waals surface area (Å²) in [4.78, 5) is 0. The van der Waals surface area contributed by atoms with Gasteiger partial charge in [-0.3, -0.25) is 0 Å². The van der Waals surface area contributed by atoms with Crippen LogP contribution in [0.2, 0.25) is 0 Å². The summed E-state index contributed by atoms with van der Waals surface area (Å²) in [5.41, 5.74) is 0. The minimum Gasteiger partial charge on any atom is -0.177 e. The van der Waals surface area contributed by atoms with E-state index in [-0.39, 0.29) is 0 Å². The average molecular weight is 68.6 g/mol. The second kappa shape index (κ2) is 3.56. The smallest absolute Gasteiger partial charge is 0.0863 e. The van der Waals surface area contributed by atoms with Gasteiger partial charge in [0.15, 0.2) is 0 Å². The van der Waals surface area contributed by atoms with Gasteiger partial charge in [0.05, 0.1) is 6.89 Å². The molecule has 0 heterocycles. The molecular weight excluding hydrogens is 64.6 g/mol. The van der Waals surface area contributed by atoms with E-state index in [0.717, 1.165) is 8.46 Å². The largest absolute Gasteiger partial charge is 0.177 e. The molecule has 1 unspecified atom stereocenters. The lowest BCUT2D eigenvalue weighted by Gasteiger charge is -1.66. The lowest BCUT2D eigenvalue weighted by Crippen LogP contribution is -1.68. The third-order valence-corrected chi connectivity index (χ3v) is 0.500. The van der Waals surface area contributed by atoms with E-state index in [1.807, 2.05) is 6.66 Å². The van der Waals surface area contributed by atoms with Gasteiger partial charge in [-0.05, 0) is 0 Å². The predicted molar refractivity (Wildman–Crippen MR) is 25.7 cm³/mol. The lowest BCUT2D eigenvalue weighted by atomic mass is 9.79. The Labute approximate surface area is 30.7 Å². The van der Waals surface area contributed by atoms with Gasteiger partial charge >= 0.3 is 0 Å². The van der Waals surface area contributed by atoms with Crippen molar-refractivity contribution in [2.24, 2.45) is 0 Å². The molecule has 0 aliphatic rings. The quantitative estimate of drug-likeness (QED) is 0.300. The highest BCUT2D eigenvalue weighted by molar-refractivity contribution is 7.78. The zero-order valence-corrected chi connectivity index (χ0v) is 3.65. The van der Waals surface area contributed by atoms with Gasteiger partial charge in [0.25, 0.3) is 0 Å². The predicted octanol–water partition coefficient (Wildman–Crippen LogP) is -0.00260. The Morgan fingerprint density at radius 1 is 2.00 bits per heavy atom. The van der Waals surface area contributed by atoms with Gasteiger partial charge in [0, 0.05) is 7.74 Å². The first-order valence-electron chi connectivity index (χ1n) is 1.12. The Hall–Kier alpha value is 0.560. The van der Waals surface area contributed by atoms with Crippen LogP contribution in [-0.2, 0) is 0 Å². The molecule has 0 nitrogen and oxygen atoms in total. The maximum Gasteiger partial charge on any atom is 0.0863 e. The first kappa shape index (κ1) is 4.56. The minimum absolute atomic E-state index is 0.793. The second-order valence-corrected chi connectivity index (χ2v) is 1.37. The Balaban J connectivity index is 1.97. The van der Waals surface area contributed by atoms with E-state index < -0.39 is 0 Å². The van der Waals surface area contributed by atoms with E-state index in [1.54, 1.807) is 6.89 Å². The van der Waals surface area contributed by atoms with Crippen LogP contribution in [0.5, 0.6) is 0 Å². The fraction of sp³-hybridized carbons (Fsp3) is 1.00. The Kier molecular flexibility index (Phi) is 4.06. The molecule has 0 bridgehead atoms. The summed E-state index contributed by atoms with van der Waals surface area (Å²) in [6, 6.07) is 0. The molecule has 0 aliphatic carbocycles. The van der Waals surface area contributed by atoms with Crippen LogP contribution in [0.25, 0.3) is 0 Å². The molecule has 1 atom stereocenters. The molecule has 0 aromatic heterocycles. The molecule has 0 aromatic rings. The molecule has 4 heavy (non-hydrogen) atoms. The topological polar surface area (TPSA) is 0 Å². The normalized spacial score (nSPS) is 9.25. The highest BCUT2D eigenvalue weighted by Gasteiger charge is 1.59. The van der Waals surface area contributed by atoms with Crippen LogP contribution in [0.1, 0.15) is 0 Å². The van der Waals surface area contributed by atoms with Gasteiger partial charge < -0.3 is 0 Å². The van der Waals surface area contributed by atoms with Crippen molar-refractivity contribution in [3.8, 4) is 0 Å². The number of hydrogen-bond donors (Lipinski definition) is 0. The number of rotatable bonds is 1. The summed E-state index contributed by atoms with van der Waals surface area (Å²) in [5.74, 6) is 0. The molecule has 3 heteroatoms. The van der Waals surface area contributed by atoms with Crippen molar-refractivity contribution >= 4 is 23.1 Å². The van der Waals surface area contributed by atoms with Crippen LogP contribution in [0, 0.1) is 0 Å². The molecular formula is CH4B2P. The van der Waals surface area contributed by atoms with Crippen molar-refractivity contribution in [2.45, 2.75) is 0 Å². The van der Waals surface area contributed by atoms with Gasteiger partial charge in [-0.15, -0.1) is 0 Å². The number of hydrogen-bond acceptors (Lipinski definition) is 0. The van der Waals surface area contributed by atoms with Crippen LogP contribution >= 0.6 is 8.46 Å². The van der Waals surface area contributed by atoms with Crippen LogP contribution in [-0.4, -0.2) is 21.3 Å². The zero-order valence-electron chi connectivity index (χ0n) is 2.65. The third-order valence-electron chi connectivity index (χ3n) is 0.167. The van der Waals surface area contributed by atoms with E-state index >= 15 is 0 Å². The van der Waals surface area contributed by atoms with Gasteiger partial charge in [-0.1, -0.05) is 6.66 Å². The third kappa shape index (κ3) is 2.56. The van der Waals surface area contributed by atoms with E-state index in [0.29, 0.717) is 0 Å². The zero-order chi connectivity index (χ0) is 3.41. The van der Waals surface area contributed by atoms with Crippen LogP contribution in [0.3, 0.4) is 0 Å². The van der Waals surface area contributed by atoms with E-state index in [4.69, 9.17) is 7.74 Å². The molecule has 0 spiro atoms. The minimum atomic E-state index is 0.793. The van der Waals surface area contributed by atoms with E-state index in [9.17, 15) is 0 Å². The second-order valence-electron chi connectivity index (χ2n) is 0.455. The van der Waals surface area contributed by atoms with Crippen molar-refractivity contribution in [1.82, 2.24) is 0 Å². The van der Waals surface area contributed by atoms with Gasteiger partial charge in [-0.2, -0.15) is 8.46 Å². The standard InChI is InChI=1S/CH4B2P/c1-4-3-2/h4H,1H3. The van der Waals surface area contributed by atoms with Crippen LogP contribution in [0.15, 0.2) is 0 Å². The van der Waals surface area contributed by atoms with Crippen molar-refractivity contribution in [2.75, 3.05) is 6.66 Å². The summed E-state index contributed by atoms with van der Waals surface area (Å²) < 4.78 is 0. The molecule has 0 N–H and O–H groups in total. The Morgan fingerprint density at radius 2 is 2.25 bits per heavy atom. The van der Waals surface area contributed by atoms with Gasteiger partial charge in [0.2, 0.25) is 0 Å². The lowest BCUT2D eigenvalue weighted by molar-refractivity contribution is 2.51. The highest BCUT2D eigenvalue weighted by Crippen LogP contribution is 1.89. The first-order valence-corrected chi connectivity index (χ1v) is 2.70. The molecule has 0 fully saturated rings.